The van der Waals surface area contributed by atoms with Crippen molar-refractivity contribution in [1.82, 2.24) is 0 Å². The Balaban J connectivity index is 2.26. The number of hydrogen-bond acceptors (Lipinski definition) is 3. The van der Waals surface area contributed by atoms with Crippen molar-refractivity contribution in [1.29, 1.82) is 0 Å². The lowest BCUT2D eigenvalue weighted by molar-refractivity contribution is 0.604. The number of thiophene rings is 2. The smallest absolute Gasteiger partial charge is 0.0654 e. The van der Waals surface area contributed by atoms with E-state index in [1.165, 1.54) is 15.3 Å². The quantitative estimate of drug-likeness (QED) is 0.852. The molecule has 0 spiro atoms. The average molecular weight is 251 g/mol. The predicted octanol–water partition coefficient (Wildman–Crippen LogP) is 4.16. The van der Waals surface area contributed by atoms with Gasteiger partial charge in [-0.05, 0) is 39.9 Å². The lowest BCUT2D eigenvalue weighted by Crippen LogP contribution is -2.09. The fourth-order valence-electron chi connectivity index (χ4n) is 1.54. The SMILES string of the molecule is CC(C)(C)c1ccc(C(N)c2ccsc2)s1. The van der Waals surface area contributed by atoms with Crippen LogP contribution in [0.1, 0.15) is 42.1 Å². The van der Waals surface area contributed by atoms with E-state index in [1.807, 2.05) is 11.3 Å². The Labute approximate surface area is 105 Å². The minimum atomic E-state index is 0.0346. The summed E-state index contributed by atoms with van der Waals surface area (Å²) < 4.78 is 0. The summed E-state index contributed by atoms with van der Waals surface area (Å²) >= 11 is 3.53. The van der Waals surface area contributed by atoms with E-state index in [-0.39, 0.29) is 11.5 Å². The van der Waals surface area contributed by atoms with Gasteiger partial charge in [0.05, 0.1) is 6.04 Å². The number of rotatable bonds is 2. The molecule has 0 saturated heterocycles. The molecule has 0 aliphatic heterocycles. The van der Waals surface area contributed by atoms with Gasteiger partial charge in [-0.3, -0.25) is 0 Å². The predicted molar refractivity (Wildman–Crippen MR) is 73.4 cm³/mol. The highest BCUT2D eigenvalue weighted by Gasteiger charge is 2.18. The van der Waals surface area contributed by atoms with Gasteiger partial charge in [0, 0.05) is 9.75 Å². The van der Waals surface area contributed by atoms with E-state index in [0.29, 0.717) is 0 Å². The molecule has 86 valence electrons. The van der Waals surface area contributed by atoms with Gasteiger partial charge in [-0.1, -0.05) is 20.8 Å². The monoisotopic (exact) mass is 251 g/mol. The van der Waals surface area contributed by atoms with E-state index in [1.54, 1.807) is 11.3 Å². The zero-order valence-electron chi connectivity index (χ0n) is 9.86. The Bertz CT molecular complexity index is 448. The Morgan fingerprint density at radius 1 is 1.19 bits per heavy atom. The molecule has 0 aliphatic carbocycles. The molecule has 0 fully saturated rings. The van der Waals surface area contributed by atoms with Crippen molar-refractivity contribution in [3.05, 3.63) is 44.3 Å². The maximum atomic E-state index is 6.23. The largest absolute Gasteiger partial charge is 0.320 e. The van der Waals surface area contributed by atoms with Gasteiger partial charge in [0.1, 0.15) is 0 Å². The molecular weight excluding hydrogens is 234 g/mol. The standard InChI is InChI=1S/C13H17NS2/c1-13(2,3)11-5-4-10(16-11)12(14)9-6-7-15-8-9/h4-8,12H,14H2,1-3H3. The van der Waals surface area contributed by atoms with Crippen LogP contribution in [0.15, 0.2) is 29.0 Å². The molecule has 16 heavy (non-hydrogen) atoms. The average Bonchev–Trinajstić information content (AvgIpc) is 2.87. The molecule has 1 unspecified atom stereocenters. The molecule has 0 bridgehead atoms. The van der Waals surface area contributed by atoms with Gasteiger partial charge in [0.2, 0.25) is 0 Å². The molecule has 2 rings (SSSR count). The van der Waals surface area contributed by atoms with Crippen molar-refractivity contribution in [3.8, 4) is 0 Å². The van der Waals surface area contributed by atoms with Gasteiger partial charge in [-0.25, -0.2) is 0 Å². The van der Waals surface area contributed by atoms with Crippen LogP contribution in [0, 0.1) is 0 Å². The maximum absolute atomic E-state index is 6.23. The molecule has 2 N–H and O–H groups in total. The first-order chi connectivity index (χ1) is 7.48. The summed E-state index contributed by atoms with van der Waals surface area (Å²) in [6.45, 7) is 6.70. The van der Waals surface area contributed by atoms with Crippen molar-refractivity contribution >= 4 is 22.7 Å². The van der Waals surface area contributed by atoms with E-state index in [0.717, 1.165) is 0 Å². The van der Waals surface area contributed by atoms with E-state index < -0.39 is 0 Å². The Morgan fingerprint density at radius 3 is 2.44 bits per heavy atom. The first-order valence-electron chi connectivity index (χ1n) is 5.36. The van der Waals surface area contributed by atoms with Crippen molar-refractivity contribution in [2.45, 2.75) is 32.2 Å². The number of hydrogen-bond donors (Lipinski definition) is 1. The van der Waals surface area contributed by atoms with Crippen LogP contribution in [0.4, 0.5) is 0 Å². The molecule has 0 aliphatic rings. The van der Waals surface area contributed by atoms with Crippen LogP contribution >= 0.6 is 22.7 Å². The third-order valence-corrected chi connectivity index (χ3v) is 4.87. The molecule has 2 aromatic heterocycles. The molecule has 1 atom stereocenters. The maximum Gasteiger partial charge on any atom is 0.0654 e. The Hall–Kier alpha value is -0.640. The highest BCUT2D eigenvalue weighted by Crippen LogP contribution is 2.33. The lowest BCUT2D eigenvalue weighted by atomic mass is 9.95. The zero-order valence-corrected chi connectivity index (χ0v) is 11.5. The van der Waals surface area contributed by atoms with E-state index >= 15 is 0 Å². The van der Waals surface area contributed by atoms with Crippen LogP contribution in [0.5, 0.6) is 0 Å². The number of nitrogens with two attached hydrogens (primary N) is 1. The summed E-state index contributed by atoms with van der Waals surface area (Å²) in [6.07, 6.45) is 0. The van der Waals surface area contributed by atoms with Crippen molar-refractivity contribution in [2.24, 2.45) is 5.73 Å². The van der Waals surface area contributed by atoms with Gasteiger partial charge in [0.25, 0.3) is 0 Å². The van der Waals surface area contributed by atoms with Crippen LogP contribution < -0.4 is 5.73 Å². The highest BCUT2D eigenvalue weighted by molar-refractivity contribution is 7.12. The minimum Gasteiger partial charge on any atom is -0.320 e. The topological polar surface area (TPSA) is 26.0 Å². The first kappa shape index (κ1) is 11.8. The molecule has 1 nitrogen and oxygen atoms in total. The fourth-order valence-corrected chi connectivity index (χ4v) is 3.33. The van der Waals surface area contributed by atoms with Gasteiger partial charge >= 0.3 is 0 Å². The van der Waals surface area contributed by atoms with E-state index in [4.69, 9.17) is 5.73 Å². The second-order valence-electron chi connectivity index (χ2n) is 4.99. The summed E-state index contributed by atoms with van der Waals surface area (Å²) in [5.41, 5.74) is 7.67. The van der Waals surface area contributed by atoms with Crippen LogP contribution in [-0.4, -0.2) is 0 Å². The summed E-state index contributed by atoms with van der Waals surface area (Å²) in [5.74, 6) is 0. The summed E-state index contributed by atoms with van der Waals surface area (Å²) in [6, 6.07) is 6.50. The molecule has 0 aromatic carbocycles. The second-order valence-corrected chi connectivity index (χ2v) is 6.88. The molecule has 3 heteroatoms. The van der Waals surface area contributed by atoms with Crippen LogP contribution in [-0.2, 0) is 5.41 Å². The van der Waals surface area contributed by atoms with Crippen molar-refractivity contribution < 1.29 is 0 Å². The third kappa shape index (κ3) is 2.37. The Kier molecular flexibility index (Phi) is 3.19. The summed E-state index contributed by atoms with van der Waals surface area (Å²) in [7, 11) is 0. The van der Waals surface area contributed by atoms with Crippen LogP contribution in [0.3, 0.4) is 0 Å². The van der Waals surface area contributed by atoms with Gasteiger partial charge < -0.3 is 5.73 Å². The van der Waals surface area contributed by atoms with Gasteiger partial charge in [-0.2, -0.15) is 11.3 Å². The van der Waals surface area contributed by atoms with Gasteiger partial charge in [-0.15, -0.1) is 11.3 Å². The molecule has 2 aromatic rings. The summed E-state index contributed by atoms with van der Waals surface area (Å²) in [5, 5.41) is 4.20. The second kappa shape index (κ2) is 4.32. The molecule has 0 amide bonds. The van der Waals surface area contributed by atoms with Crippen molar-refractivity contribution in [2.75, 3.05) is 0 Å². The van der Waals surface area contributed by atoms with E-state index in [9.17, 15) is 0 Å². The lowest BCUT2D eigenvalue weighted by Gasteiger charge is -2.15. The fraction of sp³-hybridized carbons (Fsp3) is 0.385. The zero-order chi connectivity index (χ0) is 11.8. The minimum absolute atomic E-state index is 0.0346. The Morgan fingerprint density at radius 2 is 1.94 bits per heavy atom. The molecule has 0 saturated carbocycles. The highest BCUT2D eigenvalue weighted by atomic mass is 32.1. The third-order valence-electron chi connectivity index (χ3n) is 2.57. The molecular formula is C13H17NS2. The normalized spacial score (nSPS) is 14.0. The first-order valence-corrected chi connectivity index (χ1v) is 7.12. The summed E-state index contributed by atoms with van der Waals surface area (Å²) in [4.78, 5) is 2.65. The molecule has 0 radical (unpaired) electrons. The van der Waals surface area contributed by atoms with E-state index in [2.05, 4.69) is 49.7 Å². The van der Waals surface area contributed by atoms with Crippen LogP contribution in [0.2, 0.25) is 0 Å². The van der Waals surface area contributed by atoms with Crippen LogP contribution in [0.25, 0.3) is 0 Å². The van der Waals surface area contributed by atoms with Gasteiger partial charge in [0.15, 0.2) is 0 Å². The molecule has 2 heterocycles. The van der Waals surface area contributed by atoms with Crippen molar-refractivity contribution in [3.63, 3.8) is 0 Å².